The lowest BCUT2D eigenvalue weighted by Gasteiger charge is -2.27. The molecule has 2 aliphatic heterocycles. The minimum Gasteiger partial charge on any atom is -0.492 e. The third-order valence-corrected chi connectivity index (χ3v) is 9.84. The lowest BCUT2D eigenvalue weighted by atomic mass is 9.86. The maximum Gasteiger partial charge on any atom is 0.416 e. The van der Waals surface area contributed by atoms with Gasteiger partial charge in [0.25, 0.3) is 5.91 Å². The Bertz CT molecular complexity index is 1520. The molecule has 14 heteroatoms. The molecule has 2 saturated heterocycles. The summed E-state index contributed by atoms with van der Waals surface area (Å²) in [4.78, 5) is 41.2. The van der Waals surface area contributed by atoms with Crippen LogP contribution in [-0.4, -0.2) is 89.1 Å². The number of rotatable bonds is 11. The van der Waals surface area contributed by atoms with E-state index in [1.165, 1.54) is 11.0 Å². The second-order valence-electron chi connectivity index (χ2n) is 11.7. The lowest BCUT2D eigenvalue weighted by Crippen LogP contribution is -2.40. The molecule has 0 spiro atoms. The van der Waals surface area contributed by atoms with Crippen LogP contribution in [-0.2, 0) is 25.3 Å². The van der Waals surface area contributed by atoms with Crippen LogP contribution in [0.1, 0.15) is 43.2 Å². The Morgan fingerprint density at radius 3 is 2.49 bits per heavy atom. The highest BCUT2D eigenvalue weighted by Crippen LogP contribution is 2.37. The minimum absolute atomic E-state index is 0.0273. The smallest absolute Gasteiger partial charge is 0.416 e. The summed E-state index contributed by atoms with van der Waals surface area (Å²) in [6.07, 6.45) is -0.653. The molecular formula is C33H36F3N3O6S2. The first-order valence-electron chi connectivity index (χ1n) is 15.5. The summed E-state index contributed by atoms with van der Waals surface area (Å²) in [7, 11) is 0. The maximum atomic E-state index is 13.4. The van der Waals surface area contributed by atoms with Crippen LogP contribution in [0.2, 0.25) is 0 Å². The highest BCUT2D eigenvalue weighted by molar-refractivity contribution is 8.26. The predicted octanol–water partition coefficient (Wildman–Crippen LogP) is 5.43. The van der Waals surface area contributed by atoms with Crippen molar-refractivity contribution >= 4 is 52.2 Å². The Balaban J connectivity index is 1.29. The number of hydrogen-bond donors (Lipinski definition) is 2. The molecule has 3 aliphatic rings. The number of morpholine rings is 1. The van der Waals surface area contributed by atoms with Crippen LogP contribution in [0.5, 0.6) is 5.75 Å². The lowest BCUT2D eigenvalue weighted by molar-refractivity contribution is -0.143. The molecule has 0 atom stereocenters. The Kier molecular flexibility index (Phi) is 11.6. The molecule has 0 aromatic heterocycles. The molecule has 3 fully saturated rings. The standard InChI is InChI=1S/C33H36F3N3O6S2/c34-33(35,36)25-3-1-2-22(19-25)23-6-9-27(45-17-14-38-12-15-44-16-13-38)24(18-23)20-28-30(41)39(32(46)47-28)11-10-29(40)37-26-7-4-21(5-8-26)31(42)43/h1-3,6,9,18-21,26H,4-5,7-8,10-17H2,(H,37,40)(H,42,43)/b28-20-. The SMILES string of the molecule is O=C(CCN1C(=O)/C(=C/c2cc(-c3cccc(C(F)(F)F)c3)ccc2OCCN2CCOCC2)SC1=S)NC1CCC(C(=O)O)CC1. The number of ether oxygens (including phenoxy) is 2. The fourth-order valence-corrected chi connectivity index (χ4v) is 7.09. The van der Waals surface area contributed by atoms with Gasteiger partial charge in [0.05, 0.1) is 29.6 Å². The first-order valence-corrected chi connectivity index (χ1v) is 16.7. The number of nitrogens with one attached hydrogen (secondary N) is 1. The molecule has 2 N–H and O–H groups in total. The largest absolute Gasteiger partial charge is 0.492 e. The Morgan fingerprint density at radius 1 is 1.06 bits per heavy atom. The summed E-state index contributed by atoms with van der Waals surface area (Å²) in [5.74, 6) is -1.35. The number of halogens is 3. The van der Waals surface area contributed by atoms with Crippen molar-refractivity contribution in [3.05, 3.63) is 58.5 Å². The van der Waals surface area contributed by atoms with Gasteiger partial charge in [0.15, 0.2) is 0 Å². The Labute approximate surface area is 280 Å². The maximum absolute atomic E-state index is 13.4. The van der Waals surface area contributed by atoms with Gasteiger partial charge >= 0.3 is 12.1 Å². The molecule has 1 saturated carbocycles. The van der Waals surface area contributed by atoms with E-state index in [-0.39, 0.29) is 36.7 Å². The number of amides is 2. The zero-order valence-corrected chi connectivity index (χ0v) is 27.2. The van der Waals surface area contributed by atoms with E-state index in [2.05, 4.69) is 10.2 Å². The number of nitrogens with zero attached hydrogens (tertiary/aromatic N) is 2. The summed E-state index contributed by atoms with van der Waals surface area (Å²) in [5, 5.41) is 12.1. The number of alkyl halides is 3. The van der Waals surface area contributed by atoms with E-state index in [0.29, 0.717) is 83.7 Å². The number of carbonyl (C=O) groups is 3. The van der Waals surface area contributed by atoms with Crippen LogP contribution < -0.4 is 10.1 Å². The van der Waals surface area contributed by atoms with Crippen LogP contribution in [0.3, 0.4) is 0 Å². The number of thioether (sulfide) groups is 1. The Hall–Kier alpha value is -3.46. The molecule has 47 heavy (non-hydrogen) atoms. The van der Waals surface area contributed by atoms with Crippen molar-refractivity contribution in [2.24, 2.45) is 5.92 Å². The highest BCUT2D eigenvalue weighted by atomic mass is 32.2. The summed E-state index contributed by atoms with van der Waals surface area (Å²) < 4.78 is 52.1. The van der Waals surface area contributed by atoms with E-state index in [1.807, 2.05) is 0 Å². The molecule has 252 valence electrons. The molecule has 2 aromatic carbocycles. The third kappa shape index (κ3) is 9.34. The van der Waals surface area contributed by atoms with Gasteiger partial charge in [-0.2, -0.15) is 13.2 Å². The number of carbonyl (C=O) groups excluding carboxylic acids is 2. The van der Waals surface area contributed by atoms with Gasteiger partial charge in [-0.3, -0.25) is 24.2 Å². The molecular weight excluding hydrogens is 656 g/mol. The summed E-state index contributed by atoms with van der Waals surface area (Å²) in [5.41, 5.74) is 0.633. The molecule has 0 radical (unpaired) electrons. The number of aliphatic carboxylic acids is 1. The van der Waals surface area contributed by atoms with Crippen molar-refractivity contribution < 1.29 is 42.1 Å². The van der Waals surface area contributed by atoms with E-state index in [9.17, 15) is 32.7 Å². The van der Waals surface area contributed by atoms with Crippen molar-refractivity contribution in [2.45, 2.75) is 44.3 Å². The second kappa shape index (κ2) is 15.6. The zero-order chi connectivity index (χ0) is 33.6. The molecule has 2 heterocycles. The molecule has 2 aromatic rings. The predicted molar refractivity (Wildman–Crippen MR) is 176 cm³/mol. The number of benzene rings is 2. The van der Waals surface area contributed by atoms with E-state index in [1.54, 1.807) is 30.3 Å². The summed E-state index contributed by atoms with van der Waals surface area (Å²) >= 11 is 6.56. The molecule has 1 aliphatic carbocycles. The van der Waals surface area contributed by atoms with Crippen LogP contribution in [0, 0.1) is 5.92 Å². The van der Waals surface area contributed by atoms with Crippen molar-refractivity contribution in [2.75, 3.05) is 46.0 Å². The van der Waals surface area contributed by atoms with E-state index >= 15 is 0 Å². The summed E-state index contributed by atoms with van der Waals surface area (Å²) in [6.45, 7) is 3.96. The van der Waals surface area contributed by atoms with Crippen LogP contribution in [0.25, 0.3) is 17.2 Å². The van der Waals surface area contributed by atoms with Crippen molar-refractivity contribution in [3.8, 4) is 16.9 Å². The van der Waals surface area contributed by atoms with Gasteiger partial charge in [-0.25, -0.2) is 0 Å². The molecule has 9 nitrogen and oxygen atoms in total. The number of carboxylic acid groups (broad SMARTS) is 1. The second-order valence-corrected chi connectivity index (χ2v) is 13.3. The molecule has 5 rings (SSSR count). The van der Waals surface area contributed by atoms with Gasteiger partial charge in [-0.1, -0.05) is 42.2 Å². The molecule has 0 bridgehead atoms. The first-order chi connectivity index (χ1) is 22.5. The topological polar surface area (TPSA) is 108 Å². The quantitative estimate of drug-likeness (QED) is 0.236. The number of carboxylic acids is 1. The first kappa shape index (κ1) is 34.9. The van der Waals surface area contributed by atoms with Gasteiger partial charge in [0.2, 0.25) is 5.91 Å². The van der Waals surface area contributed by atoms with Crippen LogP contribution >= 0.6 is 24.0 Å². The van der Waals surface area contributed by atoms with E-state index in [4.69, 9.17) is 21.7 Å². The van der Waals surface area contributed by atoms with Gasteiger partial charge in [-0.05, 0) is 67.2 Å². The normalized spacial score (nSPS) is 21.7. The monoisotopic (exact) mass is 691 g/mol. The molecule has 2 amide bonds. The van der Waals surface area contributed by atoms with Crippen molar-refractivity contribution in [3.63, 3.8) is 0 Å². The number of hydrogen-bond acceptors (Lipinski definition) is 8. The van der Waals surface area contributed by atoms with E-state index < -0.39 is 17.7 Å². The van der Waals surface area contributed by atoms with Gasteiger partial charge in [0.1, 0.15) is 16.7 Å². The van der Waals surface area contributed by atoms with Crippen LogP contribution in [0.15, 0.2) is 47.4 Å². The average Bonchev–Trinajstić information content (AvgIpc) is 3.32. The van der Waals surface area contributed by atoms with Gasteiger partial charge in [0, 0.05) is 44.2 Å². The molecule has 0 unspecified atom stereocenters. The summed E-state index contributed by atoms with van der Waals surface area (Å²) in [6, 6.07) is 10.0. The van der Waals surface area contributed by atoms with Gasteiger partial charge in [-0.15, -0.1) is 0 Å². The van der Waals surface area contributed by atoms with Gasteiger partial charge < -0.3 is 19.9 Å². The minimum atomic E-state index is -4.49. The Morgan fingerprint density at radius 2 is 1.79 bits per heavy atom. The third-order valence-electron chi connectivity index (χ3n) is 8.47. The fraction of sp³-hybridized carbons (Fsp3) is 0.455. The zero-order valence-electron chi connectivity index (χ0n) is 25.6. The van der Waals surface area contributed by atoms with E-state index in [0.717, 1.165) is 37.0 Å². The highest BCUT2D eigenvalue weighted by Gasteiger charge is 2.33. The fourth-order valence-electron chi connectivity index (χ4n) is 5.79. The van der Waals surface area contributed by atoms with Crippen molar-refractivity contribution in [1.29, 1.82) is 0 Å². The van der Waals surface area contributed by atoms with Crippen LogP contribution in [0.4, 0.5) is 13.2 Å². The average molecular weight is 692 g/mol. The number of thiocarbonyl (C=S) groups is 1. The van der Waals surface area contributed by atoms with Crippen molar-refractivity contribution in [1.82, 2.24) is 15.1 Å².